The molecule has 0 amide bonds. The summed E-state index contributed by atoms with van der Waals surface area (Å²) in [5, 5.41) is 7.56. The monoisotopic (exact) mass is 280 g/mol. The number of aryl methyl sites for hydroxylation is 1. The first kappa shape index (κ1) is 13.1. The van der Waals surface area contributed by atoms with Crippen LogP contribution in [0.25, 0.3) is 5.82 Å². The minimum Gasteiger partial charge on any atom is -0.368 e. The fourth-order valence-corrected chi connectivity index (χ4v) is 2.10. The first-order chi connectivity index (χ1) is 10.3. The fourth-order valence-electron chi connectivity index (χ4n) is 2.10. The molecular weight excluding hydrogens is 264 g/mol. The molecule has 3 rings (SSSR count). The van der Waals surface area contributed by atoms with Gasteiger partial charge in [0.15, 0.2) is 5.82 Å². The van der Waals surface area contributed by atoms with E-state index < -0.39 is 0 Å². The Morgan fingerprint density at radius 1 is 1.14 bits per heavy atom. The Morgan fingerprint density at radius 3 is 2.71 bits per heavy atom. The van der Waals surface area contributed by atoms with Gasteiger partial charge in [-0.3, -0.25) is 0 Å². The van der Waals surface area contributed by atoms with Crippen molar-refractivity contribution in [3.05, 3.63) is 54.2 Å². The van der Waals surface area contributed by atoms with E-state index in [1.807, 2.05) is 36.4 Å². The second-order valence-electron chi connectivity index (χ2n) is 4.53. The van der Waals surface area contributed by atoms with Crippen molar-refractivity contribution in [2.45, 2.75) is 13.3 Å². The Labute approximate surface area is 122 Å². The normalized spacial score (nSPS) is 10.5. The van der Waals surface area contributed by atoms with E-state index >= 15 is 0 Å². The molecule has 3 aromatic rings. The van der Waals surface area contributed by atoms with Gasteiger partial charge in [-0.15, -0.1) is 5.10 Å². The van der Waals surface area contributed by atoms with Crippen LogP contribution in [0.1, 0.15) is 12.5 Å². The van der Waals surface area contributed by atoms with Gasteiger partial charge in [0.2, 0.25) is 11.9 Å². The topological polar surface area (TPSA) is 81.6 Å². The zero-order chi connectivity index (χ0) is 14.7. The highest BCUT2D eigenvalue weighted by atomic mass is 15.4. The highest BCUT2D eigenvalue weighted by Gasteiger charge is 2.10. The highest BCUT2D eigenvalue weighted by Crippen LogP contribution is 2.20. The summed E-state index contributed by atoms with van der Waals surface area (Å²) in [5.74, 6) is 1.39. The molecule has 0 radical (unpaired) electrons. The van der Waals surface area contributed by atoms with Crippen LogP contribution in [0.4, 0.5) is 17.6 Å². The van der Waals surface area contributed by atoms with Crippen molar-refractivity contribution in [1.29, 1.82) is 0 Å². The van der Waals surface area contributed by atoms with E-state index in [0.29, 0.717) is 17.7 Å². The molecule has 6 heteroatoms. The van der Waals surface area contributed by atoms with Crippen molar-refractivity contribution >= 4 is 17.6 Å². The Morgan fingerprint density at radius 2 is 1.95 bits per heavy atom. The molecular formula is C15H16N6. The van der Waals surface area contributed by atoms with Crippen LogP contribution in [0.2, 0.25) is 0 Å². The number of nitrogen functional groups attached to an aromatic ring is 1. The summed E-state index contributed by atoms with van der Waals surface area (Å²) in [6.07, 6.45) is 2.62. The van der Waals surface area contributed by atoms with Gasteiger partial charge in [-0.05, 0) is 30.2 Å². The molecule has 21 heavy (non-hydrogen) atoms. The average Bonchev–Trinajstić information content (AvgIpc) is 2.89. The molecule has 0 bridgehead atoms. The third-order valence-electron chi connectivity index (χ3n) is 3.14. The zero-order valence-corrected chi connectivity index (χ0v) is 11.7. The third kappa shape index (κ3) is 2.69. The maximum atomic E-state index is 5.91. The summed E-state index contributed by atoms with van der Waals surface area (Å²) in [6.45, 7) is 2.11. The van der Waals surface area contributed by atoms with E-state index in [-0.39, 0.29) is 0 Å². The van der Waals surface area contributed by atoms with E-state index in [1.165, 1.54) is 10.2 Å². The Bertz CT molecular complexity index is 735. The van der Waals surface area contributed by atoms with Crippen molar-refractivity contribution in [3.63, 3.8) is 0 Å². The SMILES string of the molecule is CCc1ccccc1Nc1nc(N)n(-c2ccccn2)n1. The number of pyridine rings is 1. The summed E-state index contributed by atoms with van der Waals surface area (Å²) in [4.78, 5) is 8.45. The van der Waals surface area contributed by atoms with E-state index in [9.17, 15) is 0 Å². The Balaban J connectivity index is 1.91. The van der Waals surface area contributed by atoms with Gasteiger partial charge in [0.25, 0.3) is 0 Å². The van der Waals surface area contributed by atoms with Gasteiger partial charge >= 0.3 is 0 Å². The summed E-state index contributed by atoms with van der Waals surface area (Å²) < 4.78 is 1.51. The van der Waals surface area contributed by atoms with Crippen molar-refractivity contribution in [3.8, 4) is 5.82 Å². The zero-order valence-electron chi connectivity index (χ0n) is 11.7. The molecule has 0 aliphatic carbocycles. The summed E-state index contributed by atoms with van der Waals surface area (Å²) in [5.41, 5.74) is 8.09. The summed E-state index contributed by atoms with van der Waals surface area (Å²) in [6, 6.07) is 13.6. The number of nitrogens with one attached hydrogen (secondary N) is 1. The van der Waals surface area contributed by atoms with Gasteiger partial charge < -0.3 is 11.1 Å². The lowest BCUT2D eigenvalue weighted by Gasteiger charge is -2.07. The minimum absolute atomic E-state index is 0.296. The molecule has 6 nitrogen and oxygen atoms in total. The number of benzene rings is 1. The summed E-state index contributed by atoms with van der Waals surface area (Å²) in [7, 11) is 0. The first-order valence-corrected chi connectivity index (χ1v) is 6.77. The van der Waals surface area contributed by atoms with E-state index in [4.69, 9.17) is 5.73 Å². The number of aromatic nitrogens is 4. The van der Waals surface area contributed by atoms with Gasteiger partial charge in [-0.1, -0.05) is 31.2 Å². The van der Waals surface area contributed by atoms with Gasteiger partial charge in [0.1, 0.15) is 0 Å². The fraction of sp³-hybridized carbons (Fsp3) is 0.133. The maximum absolute atomic E-state index is 5.91. The second-order valence-corrected chi connectivity index (χ2v) is 4.53. The van der Waals surface area contributed by atoms with E-state index in [2.05, 4.69) is 33.4 Å². The Kier molecular flexibility index (Phi) is 3.51. The number of rotatable bonds is 4. The van der Waals surface area contributed by atoms with Crippen molar-refractivity contribution in [2.24, 2.45) is 0 Å². The number of hydrogen-bond donors (Lipinski definition) is 2. The average molecular weight is 280 g/mol. The van der Waals surface area contributed by atoms with Gasteiger partial charge in [0.05, 0.1) is 0 Å². The largest absolute Gasteiger partial charge is 0.368 e. The van der Waals surface area contributed by atoms with Gasteiger partial charge in [0, 0.05) is 11.9 Å². The van der Waals surface area contributed by atoms with Crippen molar-refractivity contribution in [2.75, 3.05) is 11.1 Å². The molecule has 1 aromatic carbocycles. The van der Waals surface area contributed by atoms with Gasteiger partial charge in [-0.25, -0.2) is 4.98 Å². The predicted molar refractivity (Wildman–Crippen MR) is 82.7 cm³/mol. The molecule has 0 aliphatic heterocycles. The van der Waals surface area contributed by atoms with Crippen LogP contribution >= 0.6 is 0 Å². The van der Waals surface area contributed by atoms with Crippen LogP contribution in [0.3, 0.4) is 0 Å². The molecule has 0 saturated carbocycles. The molecule has 106 valence electrons. The molecule has 2 heterocycles. The minimum atomic E-state index is 0.296. The number of nitrogens with two attached hydrogens (primary N) is 1. The number of hydrogen-bond acceptors (Lipinski definition) is 5. The molecule has 0 spiro atoms. The maximum Gasteiger partial charge on any atom is 0.248 e. The van der Waals surface area contributed by atoms with Crippen LogP contribution in [0, 0.1) is 0 Å². The van der Waals surface area contributed by atoms with Crippen LogP contribution in [-0.4, -0.2) is 19.7 Å². The third-order valence-corrected chi connectivity index (χ3v) is 3.14. The van der Waals surface area contributed by atoms with Crippen LogP contribution in [0.5, 0.6) is 0 Å². The lowest BCUT2D eigenvalue weighted by molar-refractivity contribution is 0.859. The van der Waals surface area contributed by atoms with Crippen LogP contribution < -0.4 is 11.1 Å². The number of para-hydroxylation sites is 1. The van der Waals surface area contributed by atoms with E-state index in [0.717, 1.165) is 12.1 Å². The molecule has 2 aromatic heterocycles. The van der Waals surface area contributed by atoms with Crippen LogP contribution in [0.15, 0.2) is 48.7 Å². The molecule has 0 saturated heterocycles. The smallest absolute Gasteiger partial charge is 0.248 e. The highest BCUT2D eigenvalue weighted by molar-refractivity contribution is 5.59. The molecule has 0 atom stereocenters. The lowest BCUT2D eigenvalue weighted by atomic mass is 10.1. The Hall–Kier alpha value is -2.89. The first-order valence-electron chi connectivity index (χ1n) is 6.77. The second kappa shape index (κ2) is 5.62. The molecule has 0 unspecified atom stereocenters. The van der Waals surface area contributed by atoms with Crippen LogP contribution in [-0.2, 0) is 6.42 Å². The summed E-state index contributed by atoms with van der Waals surface area (Å²) >= 11 is 0. The van der Waals surface area contributed by atoms with Crippen molar-refractivity contribution < 1.29 is 0 Å². The van der Waals surface area contributed by atoms with Crippen molar-refractivity contribution in [1.82, 2.24) is 19.7 Å². The molecule has 3 N–H and O–H groups in total. The molecule has 0 aliphatic rings. The van der Waals surface area contributed by atoms with Gasteiger partial charge in [-0.2, -0.15) is 9.67 Å². The molecule has 0 fully saturated rings. The predicted octanol–water partition coefficient (Wildman–Crippen LogP) is 2.55. The standard InChI is InChI=1S/C15H16N6/c1-2-11-7-3-4-8-12(11)18-15-19-14(16)21(20-15)13-9-5-6-10-17-13/h3-10H,2H2,1H3,(H3,16,18,19,20). The number of nitrogens with zero attached hydrogens (tertiary/aromatic N) is 4. The van der Waals surface area contributed by atoms with E-state index in [1.54, 1.807) is 6.20 Å². The quantitative estimate of drug-likeness (QED) is 0.767. The lowest BCUT2D eigenvalue weighted by Crippen LogP contribution is -2.04. The number of anilines is 3.